The van der Waals surface area contributed by atoms with Crippen LogP contribution in [0.1, 0.15) is 23.7 Å². The standard InChI is InChI=1S/C24H23ClN2O5S2/c1-3-22(34(31,32)17-11-9-16(33-2)10-12-17)24(30)26-19-14-21(28)20(13-18(19)25)27-23(29)15-7-5-4-6-8-15/h4-14,22,28H,3H2,1-2H3,(H,26,30)(H,27,29). The minimum absolute atomic E-state index is 0.0195. The Kier molecular flexibility index (Phi) is 8.24. The first-order chi connectivity index (χ1) is 16.2. The summed E-state index contributed by atoms with van der Waals surface area (Å²) >= 11 is 7.74. The molecule has 10 heteroatoms. The predicted molar refractivity (Wildman–Crippen MR) is 136 cm³/mol. The van der Waals surface area contributed by atoms with Crippen molar-refractivity contribution in [3.63, 3.8) is 0 Å². The minimum Gasteiger partial charge on any atom is -0.506 e. The Morgan fingerprint density at radius 3 is 2.24 bits per heavy atom. The predicted octanol–water partition coefficient (Wildman–Crippen LogP) is 5.21. The second-order valence-electron chi connectivity index (χ2n) is 7.28. The molecule has 0 aromatic heterocycles. The summed E-state index contributed by atoms with van der Waals surface area (Å²) in [6.07, 6.45) is 1.91. The molecule has 0 radical (unpaired) electrons. The molecule has 0 bridgehead atoms. The van der Waals surface area contributed by atoms with Crippen molar-refractivity contribution in [2.24, 2.45) is 0 Å². The Bertz CT molecular complexity index is 1300. The Hall–Kier alpha value is -3.01. The van der Waals surface area contributed by atoms with Crippen LogP contribution in [0.4, 0.5) is 11.4 Å². The molecule has 2 amide bonds. The summed E-state index contributed by atoms with van der Waals surface area (Å²) in [5.41, 5.74) is 0.454. The van der Waals surface area contributed by atoms with Crippen molar-refractivity contribution in [1.29, 1.82) is 0 Å². The van der Waals surface area contributed by atoms with Crippen LogP contribution in [0.5, 0.6) is 5.75 Å². The van der Waals surface area contributed by atoms with Gasteiger partial charge in [-0.2, -0.15) is 0 Å². The normalized spacial score (nSPS) is 12.1. The number of benzene rings is 3. The molecule has 34 heavy (non-hydrogen) atoms. The van der Waals surface area contributed by atoms with Crippen molar-refractivity contribution in [1.82, 2.24) is 0 Å². The number of nitrogens with one attached hydrogen (secondary N) is 2. The van der Waals surface area contributed by atoms with E-state index in [4.69, 9.17) is 11.6 Å². The third kappa shape index (κ3) is 5.72. The van der Waals surface area contributed by atoms with Crippen molar-refractivity contribution in [3.05, 3.63) is 77.3 Å². The lowest BCUT2D eigenvalue weighted by Gasteiger charge is -2.18. The summed E-state index contributed by atoms with van der Waals surface area (Å²) < 4.78 is 26.1. The number of rotatable bonds is 8. The zero-order valence-electron chi connectivity index (χ0n) is 18.4. The minimum atomic E-state index is -3.96. The Labute approximate surface area is 207 Å². The first-order valence-electron chi connectivity index (χ1n) is 10.2. The van der Waals surface area contributed by atoms with Crippen molar-refractivity contribution >= 4 is 56.4 Å². The van der Waals surface area contributed by atoms with Crippen molar-refractivity contribution in [3.8, 4) is 5.75 Å². The highest BCUT2D eigenvalue weighted by molar-refractivity contribution is 7.98. The van der Waals surface area contributed by atoms with Crippen LogP contribution in [-0.4, -0.2) is 36.8 Å². The summed E-state index contributed by atoms with van der Waals surface area (Å²) in [5, 5.41) is 14.1. The third-order valence-corrected chi connectivity index (χ3v) is 8.34. The quantitative estimate of drug-likeness (QED) is 0.279. The molecule has 0 saturated carbocycles. The van der Waals surface area contributed by atoms with Gasteiger partial charge in [0.25, 0.3) is 5.91 Å². The van der Waals surface area contributed by atoms with Gasteiger partial charge in [-0.15, -0.1) is 11.8 Å². The van der Waals surface area contributed by atoms with Crippen LogP contribution in [0.2, 0.25) is 5.02 Å². The number of amides is 2. The van der Waals surface area contributed by atoms with Gasteiger partial charge < -0.3 is 15.7 Å². The molecule has 0 saturated heterocycles. The highest BCUT2D eigenvalue weighted by Gasteiger charge is 2.33. The molecule has 178 valence electrons. The largest absolute Gasteiger partial charge is 0.506 e. The van der Waals surface area contributed by atoms with Crippen LogP contribution in [0.15, 0.2) is 76.5 Å². The zero-order chi connectivity index (χ0) is 24.9. The number of thioether (sulfide) groups is 1. The third-order valence-electron chi connectivity index (χ3n) is 5.05. The molecule has 3 N–H and O–H groups in total. The highest BCUT2D eigenvalue weighted by atomic mass is 35.5. The van der Waals surface area contributed by atoms with Gasteiger partial charge in [0.1, 0.15) is 11.0 Å². The van der Waals surface area contributed by atoms with Crippen molar-refractivity contribution < 1.29 is 23.1 Å². The molecule has 0 spiro atoms. The van der Waals surface area contributed by atoms with E-state index in [1.54, 1.807) is 49.4 Å². The van der Waals surface area contributed by atoms with Gasteiger partial charge in [-0.25, -0.2) is 8.42 Å². The molecule has 7 nitrogen and oxygen atoms in total. The van der Waals surface area contributed by atoms with E-state index in [0.29, 0.717) is 5.56 Å². The lowest BCUT2D eigenvalue weighted by molar-refractivity contribution is -0.115. The van der Waals surface area contributed by atoms with Crippen molar-refractivity contribution in [2.75, 3.05) is 16.9 Å². The van der Waals surface area contributed by atoms with Crippen LogP contribution in [0, 0.1) is 0 Å². The number of carbonyl (C=O) groups is 2. The first-order valence-corrected chi connectivity index (χ1v) is 13.4. The lowest BCUT2D eigenvalue weighted by atomic mass is 10.2. The average Bonchev–Trinajstić information content (AvgIpc) is 2.83. The summed E-state index contributed by atoms with van der Waals surface area (Å²) in [6.45, 7) is 1.60. The first kappa shape index (κ1) is 25.6. The number of anilines is 2. The van der Waals surface area contributed by atoms with E-state index in [1.807, 2.05) is 6.26 Å². The van der Waals surface area contributed by atoms with Crippen LogP contribution in [0.25, 0.3) is 0 Å². The maximum atomic E-state index is 13.1. The van der Waals surface area contributed by atoms with Gasteiger partial charge in [0.15, 0.2) is 9.84 Å². The van der Waals surface area contributed by atoms with E-state index in [0.717, 1.165) is 11.0 Å². The Morgan fingerprint density at radius 1 is 1.00 bits per heavy atom. The molecule has 3 aromatic carbocycles. The Balaban J connectivity index is 1.80. The van der Waals surface area contributed by atoms with E-state index >= 15 is 0 Å². The van der Waals surface area contributed by atoms with Crippen LogP contribution in [0.3, 0.4) is 0 Å². The maximum absolute atomic E-state index is 13.1. The van der Waals surface area contributed by atoms with Gasteiger partial charge in [0.05, 0.1) is 21.3 Å². The molecular formula is C24H23ClN2O5S2. The monoisotopic (exact) mass is 518 g/mol. The summed E-state index contributed by atoms with van der Waals surface area (Å²) in [7, 11) is -3.96. The summed E-state index contributed by atoms with van der Waals surface area (Å²) in [5.74, 6) is -1.57. The molecule has 0 fully saturated rings. The number of aromatic hydroxyl groups is 1. The molecule has 0 aliphatic heterocycles. The second kappa shape index (κ2) is 10.9. The van der Waals surface area contributed by atoms with Gasteiger partial charge in [-0.3, -0.25) is 9.59 Å². The van der Waals surface area contributed by atoms with Gasteiger partial charge >= 0.3 is 0 Å². The van der Waals surface area contributed by atoms with Crippen LogP contribution >= 0.6 is 23.4 Å². The molecule has 0 heterocycles. The van der Waals surface area contributed by atoms with Crippen LogP contribution < -0.4 is 10.6 Å². The molecular weight excluding hydrogens is 496 g/mol. The Morgan fingerprint density at radius 2 is 1.65 bits per heavy atom. The van der Waals surface area contributed by atoms with E-state index in [-0.39, 0.29) is 33.5 Å². The van der Waals surface area contributed by atoms with Gasteiger partial charge in [-0.1, -0.05) is 36.7 Å². The topological polar surface area (TPSA) is 113 Å². The fourth-order valence-corrected chi connectivity index (χ4v) is 5.47. The number of sulfone groups is 1. The lowest BCUT2D eigenvalue weighted by Crippen LogP contribution is -2.34. The highest BCUT2D eigenvalue weighted by Crippen LogP contribution is 2.34. The average molecular weight is 519 g/mol. The summed E-state index contributed by atoms with van der Waals surface area (Å²) in [6, 6.07) is 17.2. The van der Waals surface area contributed by atoms with Gasteiger partial charge in [0, 0.05) is 16.5 Å². The fraction of sp³-hybridized carbons (Fsp3) is 0.167. The number of phenolic OH excluding ortho intramolecular Hbond substituents is 1. The molecule has 1 unspecified atom stereocenters. The number of hydrogen-bond donors (Lipinski definition) is 3. The van der Waals surface area contributed by atoms with Crippen LogP contribution in [-0.2, 0) is 14.6 Å². The molecule has 1 atom stereocenters. The molecule has 0 aliphatic rings. The fourth-order valence-electron chi connectivity index (χ4n) is 3.23. The molecule has 3 rings (SSSR count). The van der Waals surface area contributed by atoms with E-state index < -0.39 is 26.9 Å². The maximum Gasteiger partial charge on any atom is 0.255 e. The molecule has 0 aliphatic carbocycles. The van der Waals surface area contributed by atoms with E-state index in [1.165, 1.54) is 30.0 Å². The van der Waals surface area contributed by atoms with Gasteiger partial charge in [0.2, 0.25) is 5.91 Å². The van der Waals surface area contributed by atoms with Gasteiger partial charge in [-0.05, 0) is 55.1 Å². The zero-order valence-corrected chi connectivity index (χ0v) is 20.8. The second-order valence-corrected chi connectivity index (χ2v) is 10.7. The number of hydrogen-bond acceptors (Lipinski definition) is 6. The number of phenols is 1. The number of halogens is 1. The number of carbonyl (C=O) groups excluding carboxylic acids is 2. The van der Waals surface area contributed by atoms with Crippen molar-refractivity contribution in [2.45, 2.75) is 28.4 Å². The smallest absolute Gasteiger partial charge is 0.255 e. The van der Waals surface area contributed by atoms with E-state index in [2.05, 4.69) is 10.6 Å². The van der Waals surface area contributed by atoms with E-state index in [9.17, 15) is 23.1 Å². The molecule has 3 aromatic rings. The SMILES string of the molecule is CCC(C(=O)Nc1cc(O)c(NC(=O)c2ccccc2)cc1Cl)S(=O)(=O)c1ccc(SC)cc1. The summed E-state index contributed by atoms with van der Waals surface area (Å²) in [4.78, 5) is 26.2.